The SMILES string of the molecule is CC(C)(O)c1ccc(-n2cc(C(=O)O)c(=O)c3cc(C#N)c(N4CCC[C@@H]4COc4ncccc4Cl)cc32)cn1. The summed E-state index contributed by atoms with van der Waals surface area (Å²) in [5.74, 6) is -1.05. The molecule has 10 nitrogen and oxygen atoms in total. The molecule has 40 heavy (non-hydrogen) atoms. The molecule has 1 aliphatic rings. The third-order valence-electron chi connectivity index (χ3n) is 6.95. The summed E-state index contributed by atoms with van der Waals surface area (Å²) in [6, 6.07) is 12.0. The Morgan fingerprint density at radius 3 is 2.73 bits per heavy atom. The lowest BCUT2D eigenvalue weighted by molar-refractivity contribution is 0.0694. The minimum Gasteiger partial charge on any atom is -0.477 e. The largest absolute Gasteiger partial charge is 0.477 e. The number of nitriles is 1. The number of ether oxygens (including phenoxy) is 1. The number of aromatic carboxylic acids is 1. The van der Waals surface area contributed by atoms with Crippen LogP contribution < -0.4 is 15.1 Å². The number of anilines is 1. The fraction of sp³-hybridized carbons (Fsp3) is 0.276. The molecule has 1 aliphatic heterocycles. The molecule has 0 bridgehead atoms. The van der Waals surface area contributed by atoms with Gasteiger partial charge in [-0.05, 0) is 63.1 Å². The quantitative estimate of drug-likeness (QED) is 0.339. The molecule has 2 N–H and O–H groups in total. The second kappa shape index (κ2) is 10.6. The van der Waals surface area contributed by atoms with Crippen molar-refractivity contribution in [1.29, 1.82) is 5.26 Å². The van der Waals surface area contributed by atoms with Crippen molar-refractivity contribution in [3.8, 4) is 17.6 Å². The second-order valence-electron chi connectivity index (χ2n) is 10.1. The fourth-order valence-corrected chi connectivity index (χ4v) is 5.10. The number of aromatic nitrogens is 3. The van der Waals surface area contributed by atoms with Crippen molar-refractivity contribution < 1.29 is 19.7 Å². The van der Waals surface area contributed by atoms with Crippen LogP contribution in [0.1, 0.15) is 48.3 Å². The molecular formula is C29H26ClN5O5. The molecule has 4 heterocycles. The zero-order chi connectivity index (χ0) is 28.6. The zero-order valence-corrected chi connectivity index (χ0v) is 22.6. The maximum Gasteiger partial charge on any atom is 0.341 e. The van der Waals surface area contributed by atoms with Crippen LogP contribution in [-0.2, 0) is 5.60 Å². The first kappa shape index (κ1) is 27.1. The van der Waals surface area contributed by atoms with Crippen molar-refractivity contribution in [2.45, 2.75) is 38.3 Å². The van der Waals surface area contributed by atoms with E-state index >= 15 is 0 Å². The van der Waals surface area contributed by atoms with Crippen molar-refractivity contribution in [3.05, 3.63) is 87.1 Å². The first-order valence-corrected chi connectivity index (χ1v) is 13.0. The molecule has 4 aromatic rings. The van der Waals surface area contributed by atoms with Gasteiger partial charge in [-0.2, -0.15) is 5.26 Å². The summed E-state index contributed by atoms with van der Waals surface area (Å²) in [7, 11) is 0. The van der Waals surface area contributed by atoms with E-state index in [1.54, 1.807) is 54.9 Å². The molecule has 0 amide bonds. The summed E-state index contributed by atoms with van der Waals surface area (Å²) in [4.78, 5) is 35.7. The van der Waals surface area contributed by atoms with Gasteiger partial charge < -0.3 is 24.4 Å². The van der Waals surface area contributed by atoms with Crippen LogP contribution in [0.4, 0.5) is 5.69 Å². The Labute approximate surface area is 234 Å². The highest BCUT2D eigenvalue weighted by Gasteiger charge is 2.29. The zero-order valence-electron chi connectivity index (χ0n) is 21.8. The Morgan fingerprint density at radius 1 is 1.27 bits per heavy atom. The van der Waals surface area contributed by atoms with E-state index in [2.05, 4.69) is 20.9 Å². The van der Waals surface area contributed by atoms with Gasteiger partial charge in [-0.3, -0.25) is 9.78 Å². The van der Waals surface area contributed by atoms with Crippen molar-refractivity contribution in [2.75, 3.05) is 18.1 Å². The monoisotopic (exact) mass is 559 g/mol. The summed E-state index contributed by atoms with van der Waals surface area (Å²) in [5, 5.41) is 30.6. The number of nitrogens with zero attached hydrogens (tertiary/aromatic N) is 5. The van der Waals surface area contributed by atoms with Gasteiger partial charge in [0.2, 0.25) is 11.3 Å². The Balaban J connectivity index is 1.63. The Morgan fingerprint density at radius 2 is 2.08 bits per heavy atom. The molecule has 1 fully saturated rings. The van der Waals surface area contributed by atoms with E-state index < -0.39 is 22.6 Å². The van der Waals surface area contributed by atoms with Crippen LogP contribution >= 0.6 is 11.6 Å². The third-order valence-corrected chi connectivity index (χ3v) is 7.24. The van der Waals surface area contributed by atoms with E-state index in [0.717, 1.165) is 12.8 Å². The Kier molecular flexibility index (Phi) is 7.19. The smallest absolute Gasteiger partial charge is 0.341 e. The van der Waals surface area contributed by atoms with Crippen LogP contribution in [0.25, 0.3) is 16.6 Å². The Bertz CT molecular complexity index is 1710. The van der Waals surface area contributed by atoms with E-state index in [4.69, 9.17) is 16.3 Å². The van der Waals surface area contributed by atoms with E-state index in [9.17, 15) is 25.1 Å². The normalized spacial score (nSPS) is 15.3. The van der Waals surface area contributed by atoms with Crippen molar-refractivity contribution in [3.63, 3.8) is 0 Å². The van der Waals surface area contributed by atoms with Gasteiger partial charge in [0, 0.05) is 24.3 Å². The lowest BCUT2D eigenvalue weighted by Crippen LogP contribution is -2.35. The molecule has 0 radical (unpaired) electrons. The molecule has 3 aromatic heterocycles. The number of carbonyl (C=O) groups is 1. The number of aliphatic hydroxyl groups is 1. The average Bonchev–Trinajstić information content (AvgIpc) is 3.40. The van der Waals surface area contributed by atoms with Crippen LogP contribution in [-0.4, -0.2) is 49.9 Å². The van der Waals surface area contributed by atoms with Crippen molar-refractivity contribution in [2.24, 2.45) is 0 Å². The van der Waals surface area contributed by atoms with E-state index in [1.807, 2.05) is 0 Å². The first-order valence-electron chi connectivity index (χ1n) is 12.6. The maximum atomic E-state index is 13.2. The summed E-state index contributed by atoms with van der Waals surface area (Å²) < 4.78 is 7.48. The molecule has 11 heteroatoms. The van der Waals surface area contributed by atoms with Gasteiger partial charge in [0.15, 0.2) is 0 Å². The number of carboxylic acid groups (broad SMARTS) is 1. The Hall–Kier alpha value is -4.46. The van der Waals surface area contributed by atoms with Gasteiger partial charge in [0.05, 0.1) is 40.4 Å². The lowest BCUT2D eigenvalue weighted by Gasteiger charge is -2.28. The molecule has 0 aliphatic carbocycles. The number of fused-ring (bicyclic) bond motifs is 1. The highest BCUT2D eigenvalue weighted by Crippen LogP contribution is 2.33. The molecular weight excluding hydrogens is 534 g/mol. The standard InChI is InChI=1S/C29H26ClN5O5/c1-29(2,39)25-8-7-18(14-33-25)35-15-21(28(37)38)26(36)20-11-17(13-31)23(12-24(20)35)34-10-4-5-19(34)16-40-27-22(30)6-3-9-32-27/h3,6-9,11-12,14-15,19,39H,4-5,10,16H2,1-2H3,(H,37,38)/t19-/m1/s1. The highest BCUT2D eigenvalue weighted by molar-refractivity contribution is 6.31. The summed E-state index contributed by atoms with van der Waals surface area (Å²) in [6.07, 6.45) is 6.03. The molecule has 204 valence electrons. The minimum atomic E-state index is -1.38. The number of hydrogen-bond acceptors (Lipinski definition) is 8. The van der Waals surface area contributed by atoms with Gasteiger partial charge in [-0.1, -0.05) is 11.6 Å². The summed E-state index contributed by atoms with van der Waals surface area (Å²) in [5.41, 5.74) is -0.104. The number of carboxylic acids is 1. The van der Waals surface area contributed by atoms with Crippen LogP contribution in [0.2, 0.25) is 5.02 Å². The molecule has 1 aromatic carbocycles. The number of halogens is 1. The fourth-order valence-electron chi connectivity index (χ4n) is 4.92. The van der Waals surface area contributed by atoms with E-state index in [0.29, 0.717) is 40.0 Å². The molecule has 1 saturated heterocycles. The number of pyridine rings is 3. The van der Waals surface area contributed by atoms with Gasteiger partial charge >= 0.3 is 5.97 Å². The second-order valence-corrected chi connectivity index (χ2v) is 10.5. The number of benzene rings is 1. The van der Waals surface area contributed by atoms with Crippen molar-refractivity contribution >= 4 is 34.2 Å². The van der Waals surface area contributed by atoms with Gasteiger partial charge in [-0.15, -0.1) is 0 Å². The van der Waals surface area contributed by atoms with Gasteiger partial charge in [0.25, 0.3) is 0 Å². The van der Waals surface area contributed by atoms with Crippen molar-refractivity contribution in [1.82, 2.24) is 14.5 Å². The first-order chi connectivity index (χ1) is 19.1. The van der Waals surface area contributed by atoms with Gasteiger partial charge in [-0.25, -0.2) is 9.78 Å². The maximum absolute atomic E-state index is 13.2. The minimum absolute atomic E-state index is 0.0891. The van der Waals surface area contributed by atoms with Crippen LogP contribution in [0.5, 0.6) is 5.88 Å². The molecule has 0 saturated carbocycles. The predicted octanol–water partition coefficient (Wildman–Crippen LogP) is 4.28. The van der Waals surface area contributed by atoms with Crippen LogP contribution in [0, 0.1) is 11.3 Å². The molecule has 5 rings (SSSR count). The highest BCUT2D eigenvalue weighted by atomic mass is 35.5. The summed E-state index contributed by atoms with van der Waals surface area (Å²) >= 11 is 6.20. The predicted molar refractivity (Wildman–Crippen MR) is 149 cm³/mol. The van der Waals surface area contributed by atoms with Crippen LogP contribution in [0.15, 0.2) is 59.8 Å². The lowest BCUT2D eigenvalue weighted by atomic mass is 10.0. The van der Waals surface area contributed by atoms with Crippen LogP contribution in [0.3, 0.4) is 0 Å². The molecule has 1 atom stereocenters. The third kappa shape index (κ3) is 5.09. The summed E-state index contributed by atoms with van der Waals surface area (Å²) in [6.45, 7) is 4.16. The van der Waals surface area contributed by atoms with E-state index in [-0.39, 0.29) is 23.6 Å². The van der Waals surface area contributed by atoms with E-state index in [1.165, 1.54) is 18.5 Å². The number of rotatable bonds is 7. The molecule has 0 unspecified atom stereocenters. The van der Waals surface area contributed by atoms with Gasteiger partial charge in [0.1, 0.15) is 28.9 Å². The number of hydrogen-bond donors (Lipinski definition) is 2. The topological polar surface area (TPSA) is 142 Å². The average molecular weight is 560 g/mol. The molecule has 0 spiro atoms.